The van der Waals surface area contributed by atoms with Crippen LogP contribution in [0.25, 0.3) is 0 Å². The van der Waals surface area contributed by atoms with Gasteiger partial charge in [0.05, 0.1) is 5.56 Å². The van der Waals surface area contributed by atoms with Crippen LogP contribution in [0.5, 0.6) is 0 Å². The van der Waals surface area contributed by atoms with E-state index in [-0.39, 0.29) is 24.0 Å². The van der Waals surface area contributed by atoms with Crippen LogP contribution in [0, 0.1) is 10.8 Å². The summed E-state index contributed by atoms with van der Waals surface area (Å²) in [5, 5.41) is 0. The van der Waals surface area contributed by atoms with Crippen molar-refractivity contribution < 1.29 is 14.3 Å². The van der Waals surface area contributed by atoms with Gasteiger partial charge in [0.15, 0.2) is 6.61 Å². The second-order valence-electron chi connectivity index (χ2n) is 8.23. The number of nitrogens with two attached hydrogens (primary N) is 1. The molecule has 1 saturated carbocycles. The Hall–Kier alpha value is -2.04. The van der Waals surface area contributed by atoms with Crippen LogP contribution in [0.1, 0.15) is 50.4 Å². The molecule has 1 aliphatic carbocycles. The fourth-order valence-electron chi connectivity index (χ4n) is 4.56. The average molecular weight is 330 g/mol. The molecule has 0 aromatic heterocycles. The van der Waals surface area contributed by atoms with Gasteiger partial charge in [-0.3, -0.25) is 4.79 Å². The number of hydrogen-bond acceptors (Lipinski definition) is 4. The Kier molecular flexibility index (Phi) is 4.06. The van der Waals surface area contributed by atoms with Gasteiger partial charge in [-0.15, -0.1) is 0 Å². The van der Waals surface area contributed by atoms with Crippen LogP contribution in [-0.4, -0.2) is 36.0 Å². The molecule has 2 fully saturated rings. The zero-order valence-electron chi connectivity index (χ0n) is 14.7. The number of esters is 1. The lowest BCUT2D eigenvalue weighted by Crippen LogP contribution is -2.49. The second kappa shape index (κ2) is 5.80. The number of anilines is 1. The molecule has 1 amide bonds. The summed E-state index contributed by atoms with van der Waals surface area (Å²) < 4.78 is 5.21. The summed E-state index contributed by atoms with van der Waals surface area (Å²) in [4.78, 5) is 26.6. The van der Waals surface area contributed by atoms with Gasteiger partial charge in [0.1, 0.15) is 0 Å². The third-order valence-corrected chi connectivity index (χ3v) is 5.57. The average Bonchev–Trinajstić information content (AvgIpc) is 2.69. The van der Waals surface area contributed by atoms with Gasteiger partial charge in [-0.1, -0.05) is 26.8 Å². The van der Waals surface area contributed by atoms with Crippen LogP contribution in [0.2, 0.25) is 0 Å². The van der Waals surface area contributed by atoms with Gasteiger partial charge in [-0.2, -0.15) is 0 Å². The Labute approximate surface area is 143 Å². The standard InChI is InChI=1S/C19H26N2O3/c1-18(2)12-19(3)7-8-21(15(18)10-19)16(22)11-24-17(23)13-5-4-6-14(20)9-13/h4-6,9,15H,7-8,10-12,20H2,1-3H3. The highest BCUT2D eigenvalue weighted by molar-refractivity contribution is 5.92. The maximum atomic E-state index is 12.6. The monoisotopic (exact) mass is 330 g/mol. The molecule has 1 aromatic rings. The highest BCUT2D eigenvalue weighted by Gasteiger charge is 2.53. The second-order valence-corrected chi connectivity index (χ2v) is 8.23. The predicted molar refractivity (Wildman–Crippen MR) is 92.4 cm³/mol. The van der Waals surface area contributed by atoms with Crippen LogP contribution in [0.15, 0.2) is 24.3 Å². The lowest BCUT2D eigenvalue weighted by molar-refractivity contribution is -0.140. The van der Waals surface area contributed by atoms with Crippen LogP contribution in [0.3, 0.4) is 0 Å². The molecule has 3 rings (SSSR count). The van der Waals surface area contributed by atoms with Gasteiger partial charge in [-0.25, -0.2) is 4.79 Å². The minimum atomic E-state index is -0.511. The minimum absolute atomic E-state index is 0.103. The summed E-state index contributed by atoms with van der Waals surface area (Å²) in [6, 6.07) is 6.82. The topological polar surface area (TPSA) is 72.6 Å². The molecule has 5 nitrogen and oxygen atoms in total. The fraction of sp³-hybridized carbons (Fsp3) is 0.579. The molecule has 1 aromatic carbocycles. The van der Waals surface area contributed by atoms with E-state index in [9.17, 15) is 9.59 Å². The molecule has 2 aliphatic rings. The molecule has 24 heavy (non-hydrogen) atoms. The molecule has 0 spiro atoms. The maximum Gasteiger partial charge on any atom is 0.338 e. The zero-order valence-corrected chi connectivity index (χ0v) is 14.7. The third-order valence-electron chi connectivity index (χ3n) is 5.57. The smallest absolute Gasteiger partial charge is 0.338 e. The van der Waals surface area contributed by atoms with E-state index in [1.807, 2.05) is 4.90 Å². The van der Waals surface area contributed by atoms with E-state index < -0.39 is 5.97 Å². The number of nitrogen functional groups attached to an aromatic ring is 1. The van der Waals surface area contributed by atoms with Gasteiger partial charge < -0.3 is 15.4 Å². The van der Waals surface area contributed by atoms with Crippen molar-refractivity contribution in [3.05, 3.63) is 29.8 Å². The molecule has 1 aliphatic heterocycles. The Balaban J connectivity index is 1.62. The molecule has 2 bridgehead atoms. The maximum absolute atomic E-state index is 12.6. The lowest BCUT2D eigenvalue weighted by atomic mass is 9.81. The lowest BCUT2D eigenvalue weighted by Gasteiger charge is -2.40. The summed E-state index contributed by atoms with van der Waals surface area (Å²) in [6.45, 7) is 7.31. The number of carbonyl (C=O) groups is 2. The van der Waals surface area contributed by atoms with Gasteiger partial charge in [0, 0.05) is 18.3 Å². The number of rotatable bonds is 3. The van der Waals surface area contributed by atoms with Crippen LogP contribution in [-0.2, 0) is 9.53 Å². The van der Waals surface area contributed by atoms with Gasteiger partial charge >= 0.3 is 5.97 Å². The normalized spacial score (nSPS) is 27.8. The summed E-state index contributed by atoms with van der Waals surface area (Å²) in [6.07, 6.45) is 3.19. The van der Waals surface area contributed by atoms with Crippen molar-refractivity contribution in [2.24, 2.45) is 10.8 Å². The number of likely N-dealkylation sites (tertiary alicyclic amines) is 1. The highest BCUT2D eigenvalue weighted by Crippen LogP contribution is 2.55. The van der Waals surface area contributed by atoms with E-state index in [1.54, 1.807) is 24.3 Å². The van der Waals surface area contributed by atoms with E-state index >= 15 is 0 Å². The Morgan fingerprint density at radius 3 is 2.79 bits per heavy atom. The van der Waals surface area contributed by atoms with E-state index in [1.165, 1.54) is 0 Å². The molecule has 2 N–H and O–H groups in total. The first-order valence-electron chi connectivity index (χ1n) is 8.52. The zero-order chi connectivity index (χ0) is 17.5. The minimum Gasteiger partial charge on any atom is -0.452 e. The molecule has 0 radical (unpaired) electrons. The quantitative estimate of drug-likeness (QED) is 0.683. The first kappa shape index (κ1) is 16.8. The van der Waals surface area contributed by atoms with Crippen LogP contribution < -0.4 is 5.73 Å². The Morgan fingerprint density at radius 1 is 1.33 bits per heavy atom. The molecule has 2 atom stereocenters. The summed E-state index contributed by atoms with van der Waals surface area (Å²) >= 11 is 0. The number of amides is 1. The summed E-state index contributed by atoms with van der Waals surface area (Å²) in [7, 11) is 0. The van der Waals surface area contributed by atoms with Crippen molar-refractivity contribution in [3.8, 4) is 0 Å². The van der Waals surface area contributed by atoms with Crippen molar-refractivity contribution in [1.82, 2.24) is 4.90 Å². The molecular formula is C19H26N2O3. The molecule has 1 heterocycles. The SMILES string of the molecule is CC12CCN(C(=O)COC(=O)c3cccc(N)c3)C(C1)C(C)(C)C2. The third kappa shape index (κ3) is 3.12. The van der Waals surface area contributed by atoms with Crippen molar-refractivity contribution in [2.75, 3.05) is 18.9 Å². The number of benzene rings is 1. The van der Waals surface area contributed by atoms with Gasteiger partial charge in [-0.05, 0) is 48.3 Å². The number of hydrogen-bond donors (Lipinski definition) is 1. The van der Waals surface area contributed by atoms with E-state index in [4.69, 9.17) is 10.5 Å². The molecular weight excluding hydrogens is 304 g/mol. The van der Waals surface area contributed by atoms with Crippen molar-refractivity contribution in [1.29, 1.82) is 0 Å². The fourth-order valence-corrected chi connectivity index (χ4v) is 4.56. The van der Waals surface area contributed by atoms with Crippen molar-refractivity contribution in [2.45, 2.75) is 46.1 Å². The largest absolute Gasteiger partial charge is 0.452 e. The molecule has 5 heteroatoms. The first-order chi connectivity index (χ1) is 11.2. The summed E-state index contributed by atoms with van der Waals surface area (Å²) in [5.41, 5.74) is 6.99. The number of piperidine rings is 1. The summed E-state index contributed by atoms with van der Waals surface area (Å²) in [5.74, 6) is -0.613. The van der Waals surface area contributed by atoms with Gasteiger partial charge in [0.2, 0.25) is 0 Å². The van der Waals surface area contributed by atoms with E-state index in [2.05, 4.69) is 20.8 Å². The van der Waals surface area contributed by atoms with Gasteiger partial charge in [0.25, 0.3) is 5.91 Å². The van der Waals surface area contributed by atoms with Crippen LogP contribution >= 0.6 is 0 Å². The van der Waals surface area contributed by atoms with E-state index in [0.717, 1.165) is 25.8 Å². The molecule has 130 valence electrons. The van der Waals surface area contributed by atoms with Crippen molar-refractivity contribution in [3.63, 3.8) is 0 Å². The highest BCUT2D eigenvalue weighted by atomic mass is 16.5. The Bertz CT molecular complexity index is 670. The number of ether oxygens (including phenoxy) is 1. The van der Waals surface area contributed by atoms with E-state index in [0.29, 0.717) is 16.7 Å². The molecule has 1 saturated heterocycles. The van der Waals surface area contributed by atoms with Crippen LogP contribution in [0.4, 0.5) is 5.69 Å². The molecule has 2 unspecified atom stereocenters. The first-order valence-corrected chi connectivity index (χ1v) is 8.52. The number of carbonyl (C=O) groups excluding carboxylic acids is 2. The number of fused-ring (bicyclic) bond motifs is 2. The Morgan fingerprint density at radius 2 is 2.08 bits per heavy atom. The van der Waals surface area contributed by atoms with Crippen molar-refractivity contribution >= 4 is 17.6 Å². The number of nitrogens with zero attached hydrogens (tertiary/aromatic N) is 1. The predicted octanol–water partition coefficient (Wildman–Crippen LogP) is 2.85.